The second kappa shape index (κ2) is 5.12. The van der Waals surface area contributed by atoms with Crippen molar-refractivity contribution in [3.8, 4) is 0 Å². The van der Waals surface area contributed by atoms with Crippen molar-refractivity contribution in [1.29, 1.82) is 0 Å². The van der Waals surface area contributed by atoms with Crippen LogP contribution in [-0.4, -0.2) is 27.2 Å². The first-order valence-electron chi connectivity index (χ1n) is 5.43. The summed E-state index contributed by atoms with van der Waals surface area (Å²) in [6, 6.07) is 1.64. The van der Waals surface area contributed by atoms with Crippen LogP contribution in [0.2, 0.25) is 0 Å². The van der Waals surface area contributed by atoms with E-state index in [4.69, 9.17) is 5.73 Å². The number of nitrogens with two attached hydrogens (primary N) is 1. The molecule has 0 fully saturated rings. The van der Waals surface area contributed by atoms with Crippen molar-refractivity contribution in [1.82, 2.24) is 9.97 Å². The van der Waals surface area contributed by atoms with Gasteiger partial charge in [0.15, 0.2) is 0 Å². The number of hydrogen-bond acceptors (Lipinski definition) is 5. The van der Waals surface area contributed by atoms with E-state index in [0.717, 1.165) is 6.42 Å². The molecule has 1 aromatic heterocycles. The summed E-state index contributed by atoms with van der Waals surface area (Å²) in [6.45, 7) is 6.42. The lowest BCUT2D eigenvalue weighted by Gasteiger charge is -2.25. The van der Waals surface area contributed by atoms with Gasteiger partial charge in [0.2, 0.25) is 0 Å². The van der Waals surface area contributed by atoms with Crippen LogP contribution in [0.1, 0.15) is 27.2 Å². The van der Waals surface area contributed by atoms with E-state index >= 15 is 0 Å². The Kier molecular flexibility index (Phi) is 4.06. The molecule has 0 radical (unpaired) electrons. The van der Waals surface area contributed by atoms with E-state index in [1.165, 1.54) is 6.33 Å². The summed E-state index contributed by atoms with van der Waals surface area (Å²) in [5, 5.41) is 13.1. The van der Waals surface area contributed by atoms with Crippen molar-refractivity contribution in [2.75, 3.05) is 17.6 Å². The van der Waals surface area contributed by atoms with E-state index < -0.39 is 5.60 Å². The average Bonchev–Trinajstić information content (AvgIpc) is 2.13. The molecule has 4 N–H and O–H groups in total. The van der Waals surface area contributed by atoms with Gasteiger partial charge in [-0.3, -0.25) is 0 Å². The quantitative estimate of drug-likeness (QED) is 0.701. The highest BCUT2D eigenvalue weighted by molar-refractivity contribution is 5.43. The summed E-state index contributed by atoms with van der Waals surface area (Å²) in [4.78, 5) is 7.81. The number of anilines is 2. The zero-order valence-electron chi connectivity index (χ0n) is 10.1. The topological polar surface area (TPSA) is 84.1 Å². The predicted molar refractivity (Wildman–Crippen MR) is 65.0 cm³/mol. The van der Waals surface area contributed by atoms with Crippen LogP contribution in [0.25, 0.3) is 0 Å². The number of aliphatic hydroxyl groups is 1. The highest BCUT2D eigenvalue weighted by Gasteiger charge is 2.21. The van der Waals surface area contributed by atoms with Gasteiger partial charge in [0.25, 0.3) is 0 Å². The molecule has 0 saturated carbocycles. The number of rotatable bonds is 5. The fourth-order valence-corrected chi connectivity index (χ4v) is 1.70. The molecule has 0 spiro atoms. The van der Waals surface area contributed by atoms with E-state index in [1.54, 1.807) is 6.07 Å². The molecule has 5 nitrogen and oxygen atoms in total. The molecule has 0 saturated heterocycles. The van der Waals surface area contributed by atoms with Crippen molar-refractivity contribution in [3.05, 3.63) is 12.4 Å². The number of hydrogen-bond donors (Lipinski definition) is 3. The third kappa shape index (κ3) is 4.44. The van der Waals surface area contributed by atoms with Crippen LogP contribution in [-0.2, 0) is 0 Å². The first-order valence-corrected chi connectivity index (χ1v) is 5.43. The molecule has 1 unspecified atom stereocenters. The third-order valence-corrected chi connectivity index (χ3v) is 2.19. The molecule has 16 heavy (non-hydrogen) atoms. The van der Waals surface area contributed by atoms with Gasteiger partial charge in [0, 0.05) is 12.6 Å². The molecule has 0 amide bonds. The zero-order valence-corrected chi connectivity index (χ0v) is 10.1. The second-order valence-electron chi connectivity index (χ2n) is 4.78. The molecule has 1 rings (SSSR count). The lowest BCUT2D eigenvalue weighted by atomic mass is 9.94. The van der Waals surface area contributed by atoms with Gasteiger partial charge in [-0.2, -0.15) is 0 Å². The molecular weight excluding hydrogens is 204 g/mol. The Labute approximate surface area is 96.1 Å². The molecule has 0 aliphatic rings. The maximum Gasteiger partial charge on any atom is 0.131 e. The number of nitrogen functional groups attached to an aromatic ring is 1. The largest absolute Gasteiger partial charge is 0.388 e. The predicted octanol–water partition coefficient (Wildman–Crippen LogP) is 1.27. The van der Waals surface area contributed by atoms with Gasteiger partial charge in [-0.25, -0.2) is 9.97 Å². The highest BCUT2D eigenvalue weighted by Crippen LogP contribution is 2.17. The lowest BCUT2D eigenvalue weighted by molar-refractivity contribution is 0.0515. The van der Waals surface area contributed by atoms with Crippen molar-refractivity contribution in [3.63, 3.8) is 0 Å². The van der Waals surface area contributed by atoms with Crippen molar-refractivity contribution in [2.45, 2.75) is 32.8 Å². The molecule has 1 atom stereocenters. The summed E-state index contributed by atoms with van der Waals surface area (Å²) in [7, 11) is 0. The molecule has 0 aliphatic carbocycles. The zero-order chi connectivity index (χ0) is 12.2. The summed E-state index contributed by atoms with van der Waals surface area (Å²) < 4.78 is 0. The second-order valence-corrected chi connectivity index (χ2v) is 4.78. The SMILES string of the molecule is CC(C)CC(C)(O)CNc1cc(N)ncn1. The summed E-state index contributed by atoms with van der Waals surface area (Å²) in [5.41, 5.74) is 4.78. The van der Waals surface area contributed by atoms with E-state index in [9.17, 15) is 5.11 Å². The van der Waals surface area contributed by atoms with Crippen LogP contribution in [0.15, 0.2) is 12.4 Å². The van der Waals surface area contributed by atoms with Crippen molar-refractivity contribution < 1.29 is 5.11 Å². The first-order chi connectivity index (χ1) is 7.39. The minimum absolute atomic E-state index is 0.418. The molecule has 1 heterocycles. The van der Waals surface area contributed by atoms with E-state index in [0.29, 0.717) is 24.1 Å². The highest BCUT2D eigenvalue weighted by atomic mass is 16.3. The fourth-order valence-electron chi connectivity index (χ4n) is 1.70. The summed E-state index contributed by atoms with van der Waals surface area (Å²) in [5.74, 6) is 1.50. The molecular formula is C11H20N4O. The number of nitrogens with zero attached hydrogens (tertiary/aromatic N) is 2. The normalized spacial score (nSPS) is 14.8. The Morgan fingerprint density at radius 2 is 2.19 bits per heavy atom. The van der Waals surface area contributed by atoms with Crippen LogP contribution < -0.4 is 11.1 Å². The van der Waals surface area contributed by atoms with Crippen LogP contribution in [0.4, 0.5) is 11.6 Å². The standard InChI is InChI=1S/C11H20N4O/c1-8(2)5-11(3,16)6-13-10-4-9(12)14-7-15-10/h4,7-8,16H,5-6H2,1-3H3,(H3,12,13,14,15). The molecule has 0 aliphatic heterocycles. The van der Waals surface area contributed by atoms with Crippen LogP contribution in [0, 0.1) is 5.92 Å². The molecule has 1 aromatic rings. The Bertz CT molecular complexity index is 339. The molecule has 0 aromatic carbocycles. The van der Waals surface area contributed by atoms with Gasteiger partial charge in [-0.1, -0.05) is 13.8 Å². The lowest BCUT2D eigenvalue weighted by Crippen LogP contribution is -2.35. The Balaban J connectivity index is 2.50. The van der Waals surface area contributed by atoms with Gasteiger partial charge in [0.05, 0.1) is 5.60 Å². The average molecular weight is 224 g/mol. The van der Waals surface area contributed by atoms with Crippen molar-refractivity contribution in [2.24, 2.45) is 5.92 Å². The first kappa shape index (κ1) is 12.7. The van der Waals surface area contributed by atoms with Crippen molar-refractivity contribution >= 4 is 11.6 Å². The minimum Gasteiger partial charge on any atom is -0.388 e. The van der Waals surface area contributed by atoms with Crippen LogP contribution >= 0.6 is 0 Å². The monoisotopic (exact) mass is 224 g/mol. The Morgan fingerprint density at radius 1 is 1.50 bits per heavy atom. The van der Waals surface area contributed by atoms with Gasteiger partial charge >= 0.3 is 0 Å². The van der Waals surface area contributed by atoms with Crippen LogP contribution in [0.5, 0.6) is 0 Å². The molecule has 0 bridgehead atoms. The van der Waals surface area contributed by atoms with Gasteiger partial charge in [-0.15, -0.1) is 0 Å². The Morgan fingerprint density at radius 3 is 2.75 bits per heavy atom. The fraction of sp³-hybridized carbons (Fsp3) is 0.636. The van der Waals surface area contributed by atoms with E-state index in [1.807, 2.05) is 6.92 Å². The minimum atomic E-state index is -0.742. The van der Waals surface area contributed by atoms with Gasteiger partial charge in [-0.05, 0) is 19.3 Å². The summed E-state index contributed by atoms with van der Waals surface area (Å²) in [6.07, 6.45) is 2.13. The summed E-state index contributed by atoms with van der Waals surface area (Å²) >= 11 is 0. The molecule has 5 heteroatoms. The molecule has 90 valence electrons. The van der Waals surface area contributed by atoms with E-state index in [2.05, 4.69) is 29.1 Å². The third-order valence-electron chi connectivity index (χ3n) is 2.19. The van der Waals surface area contributed by atoms with Gasteiger partial charge < -0.3 is 16.2 Å². The Hall–Kier alpha value is -1.36. The van der Waals surface area contributed by atoms with Crippen LogP contribution in [0.3, 0.4) is 0 Å². The maximum atomic E-state index is 10.1. The number of nitrogens with one attached hydrogen (secondary N) is 1. The van der Waals surface area contributed by atoms with Gasteiger partial charge in [0.1, 0.15) is 18.0 Å². The smallest absolute Gasteiger partial charge is 0.131 e. The van der Waals surface area contributed by atoms with E-state index in [-0.39, 0.29) is 0 Å². The maximum absolute atomic E-state index is 10.1. The number of aromatic nitrogens is 2.